The van der Waals surface area contributed by atoms with E-state index in [-0.39, 0.29) is 5.91 Å². The Hall–Kier alpha value is -2.33. The van der Waals surface area contributed by atoms with Crippen LogP contribution >= 0.6 is 0 Å². The number of hydrogen-bond acceptors (Lipinski definition) is 3. The lowest BCUT2D eigenvalue weighted by Gasteiger charge is -2.12. The molecule has 0 aliphatic rings. The van der Waals surface area contributed by atoms with Crippen LogP contribution in [0.2, 0.25) is 0 Å². The summed E-state index contributed by atoms with van der Waals surface area (Å²) in [7, 11) is 1.62. The number of nitrogens with one attached hydrogen (secondary N) is 1. The van der Waals surface area contributed by atoms with E-state index in [1.54, 1.807) is 19.2 Å². The molecule has 0 aromatic heterocycles. The van der Waals surface area contributed by atoms with Gasteiger partial charge in [0.05, 0.1) is 12.2 Å². The molecule has 0 fully saturated rings. The van der Waals surface area contributed by atoms with Gasteiger partial charge in [-0.15, -0.1) is 0 Å². The highest BCUT2D eigenvalue weighted by atomic mass is 16.5. The molecular formula is C16H18N2O2. The van der Waals surface area contributed by atoms with Crippen LogP contribution in [0.1, 0.15) is 21.5 Å². The Kier molecular flexibility index (Phi) is 4.38. The molecule has 0 heterocycles. The van der Waals surface area contributed by atoms with E-state index in [2.05, 4.69) is 5.32 Å². The zero-order valence-corrected chi connectivity index (χ0v) is 11.6. The zero-order valence-electron chi connectivity index (χ0n) is 11.6. The van der Waals surface area contributed by atoms with Gasteiger partial charge in [-0.3, -0.25) is 4.79 Å². The zero-order chi connectivity index (χ0) is 14.5. The van der Waals surface area contributed by atoms with Crippen molar-refractivity contribution in [2.24, 2.45) is 0 Å². The summed E-state index contributed by atoms with van der Waals surface area (Å²) in [5.74, 6) is -0.213. The summed E-state index contributed by atoms with van der Waals surface area (Å²) >= 11 is 0. The van der Waals surface area contributed by atoms with Crippen molar-refractivity contribution in [3.8, 4) is 0 Å². The van der Waals surface area contributed by atoms with E-state index < -0.39 is 0 Å². The fraction of sp³-hybridized carbons (Fsp3) is 0.188. The molecule has 0 aliphatic heterocycles. The molecule has 3 N–H and O–H groups in total. The fourth-order valence-corrected chi connectivity index (χ4v) is 1.98. The Balaban J connectivity index is 2.26. The van der Waals surface area contributed by atoms with Crippen molar-refractivity contribution < 1.29 is 9.53 Å². The lowest BCUT2D eigenvalue weighted by Crippen LogP contribution is -2.15. The third-order valence-corrected chi connectivity index (χ3v) is 3.02. The van der Waals surface area contributed by atoms with Gasteiger partial charge in [0, 0.05) is 24.0 Å². The number of para-hydroxylation sites is 1. The van der Waals surface area contributed by atoms with Gasteiger partial charge in [0.1, 0.15) is 0 Å². The van der Waals surface area contributed by atoms with E-state index in [1.807, 2.05) is 37.3 Å². The molecule has 104 valence electrons. The number of nitrogen functional groups attached to an aromatic ring is 1. The quantitative estimate of drug-likeness (QED) is 0.839. The molecular weight excluding hydrogens is 252 g/mol. The van der Waals surface area contributed by atoms with Crippen LogP contribution in [0, 0.1) is 6.92 Å². The normalized spacial score (nSPS) is 10.3. The number of hydrogen-bond donors (Lipinski definition) is 2. The fourth-order valence-electron chi connectivity index (χ4n) is 1.98. The van der Waals surface area contributed by atoms with Crippen LogP contribution in [-0.2, 0) is 11.3 Å². The summed E-state index contributed by atoms with van der Waals surface area (Å²) in [5.41, 5.74) is 9.47. The van der Waals surface area contributed by atoms with Crippen molar-refractivity contribution >= 4 is 17.3 Å². The molecule has 0 unspecified atom stereocenters. The average Bonchev–Trinajstić information content (AvgIpc) is 2.44. The standard InChI is InChI=1S/C16H18N2O2/c1-11-7-8-14(17)13(9-11)16(19)18-15-6-4-3-5-12(15)10-20-2/h3-9H,10,17H2,1-2H3,(H,18,19). The van der Waals surface area contributed by atoms with E-state index in [0.717, 1.165) is 16.8 Å². The van der Waals surface area contributed by atoms with Crippen LogP contribution < -0.4 is 11.1 Å². The maximum Gasteiger partial charge on any atom is 0.257 e. The second kappa shape index (κ2) is 6.21. The molecule has 4 heteroatoms. The SMILES string of the molecule is COCc1ccccc1NC(=O)c1cc(C)ccc1N. The lowest BCUT2D eigenvalue weighted by molar-refractivity contribution is 0.102. The Labute approximate surface area is 118 Å². The second-order valence-electron chi connectivity index (χ2n) is 4.63. The maximum atomic E-state index is 12.3. The van der Waals surface area contributed by atoms with E-state index in [0.29, 0.717) is 17.9 Å². The first-order chi connectivity index (χ1) is 9.61. The molecule has 0 saturated heterocycles. The van der Waals surface area contributed by atoms with Gasteiger partial charge in [0.25, 0.3) is 5.91 Å². The predicted molar refractivity (Wildman–Crippen MR) is 80.7 cm³/mol. The summed E-state index contributed by atoms with van der Waals surface area (Å²) in [4.78, 5) is 12.3. The summed E-state index contributed by atoms with van der Waals surface area (Å²) < 4.78 is 5.12. The van der Waals surface area contributed by atoms with Crippen LogP contribution in [0.5, 0.6) is 0 Å². The Morgan fingerprint density at radius 3 is 2.75 bits per heavy atom. The van der Waals surface area contributed by atoms with Crippen LogP contribution in [0.4, 0.5) is 11.4 Å². The number of amides is 1. The van der Waals surface area contributed by atoms with Crippen LogP contribution in [0.3, 0.4) is 0 Å². The largest absolute Gasteiger partial charge is 0.398 e. The highest BCUT2D eigenvalue weighted by Crippen LogP contribution is 2.19. The molecule has 0 spiro atoms. The number of carbonyl (C=O) groups excluding carboxylic acids is 1. The van der Waals surface area contributed by atoms with E-state index in [4.69, 9.17) is 10.5 Å². The molecule has 4 nitrogen and oxygen atoms in total. The van der Waals surface area contributed by atoms with Crippen LogP contribution in [0.25, 0.3) is 0 Å². The van der Waals surface area contributed by atoms with Crippen molar-refractivity contribution in [2.75, 3.05) is 18.2 Å². The van der Waals surface area contributed by atoms with Crippen LogP contribution in [-0.4, -0.2) is 13.0 Å². The first-order valence-corrected chi connectivity index (χ1v) is 6.36. The van der Waals surface area contributed by atoms with Crippen molar-refractivity contribution in [3.05, 3.63) is 59.2 Å². The molecule has 0 atom stereocenters. The molecule has 0 saturated carbocycles. The monoisotopic (exact) mass is 270 g/mol. The minimum absolute atomic E-state index is 0.213. The number of aryl methyl sites for hydroxylation is 1. The Bertz CT molecular complexity index is 624. The summed E-state index contributed by atoms with van der Waals surface area (Å²) in [6.45, 7) is 2.37. The van der Waals surface area contributed by atoms with Crippen molar-refractivity contribution in [1.82, 2.24) is 0 Å². The maximum absolute atomic E-state index is 12.3. The molecule has 20 heavy (non-hydrogen) atoms. The highest BCUT2D eigenvalue weighted by Gasteiger charge is 2.12. The first kappa shape index (κ1) is 14.1. The van der Waals surface area contributed by atoms with Gasteiger partial charge >= 0.3 is 0 Å². The summed E-state index contributed by atoms with van der Waals surface area (Å²) in [6, 6.07) is 12.9. The van der Waals surface area contributed by atoms with E-state index in [1.165, 1.54) is 0 Å². The number of benzene rings is 2. The van der Waals surface area contributed by atoms with E-state index in [9.17, 15) is 4.79 Å². The van der Waals surface area contributed by atoms with Gasteiger partial charge in [-0.1, -0.05) is 29.8 Å². The molecule has 2 aromatic carbocycles. The number of rotatable bonds is 4. The molecule has 1 amide bonds. The number of nitrogens with two attached hydrogens (primary N) is 1. The van der Waals surface area contributed by atoms with Gasteiger partial charge in [0.2, 0.25) is 0 Å². The predicted octanol–water partition coefficient (Wildman–Crippen LogP) is 2.98. The number of anilines is 2. The second-order valence-corrected chi connectivity index (χ2v) is 4.63. The van der Waals surface area contributed by atoms with Gasteiger partial charge < -0.3 is 15.8 Å². The topological polar surface area (TPSA) is 64.3 Å². The molecule has 2 rings (SSSR count). The van der Waals surface area contributed by atoms with Crippen molar-refractivity contribution in [3.63, 3.8) is 0 Å². The van der Waals surface area contributed by atoms with Crippen molar-refractivity contribution in [2.45, 2.75) is 13.5 Å². The summed E-state index contributed by atoms with van der Waals surface area (Å²) in [6.07, 6.45) is 0. The third-order valence-electron chi connectivity index (χ3n) is 3.02. The minimum Gasteiger partial charge on any atom is -0.398 e. The molecule has 2 aromatic rings. The van der Waals surface area contributed by atoms with Gasteiger partial charge in [-0.2, -0.15) is 0 Å². The van der Waals surface area contributed by atoms with Crippen LogP contribution in [0.15, 0.2) is 42.5 Å². The highest BCUT2D eigenvalue weighted by molar-refractivity contribution is 6.08. The minimum atomic E-state index is -0.213. The molecule has 0 aliphatic carbocycles. The Morgan fingerprint density at radius 1 is 1.25 bits per heavy atom. The van der Waals surface area contributed by atoms with Crippen molar-refractivity contribution in [1.29, 1.82) is 0 Å². The molecule has 0 bridgehead atoms. The molecule has 0 radical (unpaired) electrons. The van der Waals surface area contributed by atoms with Gasteiger partial charge in [-0.05, 0) is 25.1 Å². The van der Waals surface area contributed by atoms with Gasteiger partial charge in [-0.25, -0.2) is 0 Å². The first-order valence-electron chi connectivity index (χ1n) is 6.36. The Morgan fingerprint density at radius 2 is 2.00 bits per heavy atom. The lowest BCUT2D eigenvalue weighted by atomic mass is 10.1. The number of ether oxygens (including phenoxy) is 1. The number of carbonyl (C=O) groups is 1. The van der Waals surface area contributed by atoms with E-state index >= 15 is 0 Å². The van der Waals surface area contributed by atoms with Gasteiger partial charge in [0.15, 0.2) is 0 Å². The third kappa shape index (κ3) is 3.16. The summed E-state index contributed by atoms with van der Waals surface area (Å²) in [5, 5.41) is 2.88. The smallest absolute Gasteiger partial charge is 0.257 e. The number of methoxy groups -OCH3 is 1. The average molecular weight is 270 g/mol.